The highest BCUT2D eigenvalue weighted by Crippen LogP contribution is 2.45. The van der Waals surface area contributed by atoms with Crippen molar-refractivity contribution in [2.45, 2.75) is 56.9 Å². The molecule has 3 saturated heterocycles. The predicted octanol–water partition coefficient (Wildman–Crippen LogP) is 1.97. The Labute approximate surface area is 84.0 Å². The van der Waals surface area contributed by atoms with Crippen LogP contribution in [0.1, 0.15) is 32.6 Å². The van der Waals surface area contributed by atoms with Gasteiger partial charge in [-0.1, -0.05) is 13.0 Å². The molecule has 0 N–H and O–H groups in total. The summed E-state index contributed by atoms with van der Waals surface area (Å²) in [7, 11) is 0. The largest absolute Gasteiger partial charge is 0.320 e. The lowest BCUT2D eigenvalue weighted by atomic mass is 9.89. The van der Waals surface area contributed by atoms with E-state index in [1.165, 1.54) is 0 Å². The van der Waals surface area contributed by atoms with Crippen molar-refractivity contribution in [3.8, 4) is 0 Å². The standard InChI is InChI=1S/C11H16O3/c1-2-3-4-11-12-8-5-9(13-11)7-10(6-8)14-11/h3-4,8-10H,2,5-7H2,1H3/b4-3+. The van der Waals surface area contributed by atoms with Crippen molar-refractivity contribution in [1.29, 1.82) is 0 Å². The van der Waals surface area contributed by atoms with Crippen LogP contribution in [0.25, 0.3) is 0 Å². The zero-order chi connectivity index (χ0) is 9.60. The van der Waals surface area contributed by atoms with Gasteiger partial charge in [0.2, 0.25) is 0 Å². The summed E-state index contributed by atoms with van der Waals surface area (Å²) in [5.74, 6) is -0.829. The number of rotatable bonds is 2. The molecule has 0 radical (unpaired) electrons. The lowest BCUT2D eigenvalue weighted by Gasteiger charge is -2.54. The van der Waals surface area contributed by atoms with Crippen LogP contribution in [-0.2, 0) is 14.2 Å². The van der Waals surface area contributed by atoms with Crippen molar-refractivity contribution in [1.82, 2.24) is 0 Å². The molecule has 4 fully saturated rings. The van der Waals surface area contributed by atoms with Gasteiger partial charge in [0.1, 0.15) is 0 Å². The molecule has 0 spiro atoms. The molecule has 1 aliphatic carbocycles. The van der Waals surface area contributed by atoms with Crippen molar-refractivity contribution in [2.75, 3.05) is 0 Å². The molecule has 3 heterocycles. The minimum absolute atomic E-state index is 0.350. The van der Waals surface area contributed by atoms with E-state index in [1.807, 2.05) is 12.2 Å². The summed E-state index contributed by atoms with van der Waals surface area (Å²) in [5.41, 5.74) is 0. The Kier molecular flexibility index (Phi) is 1.94. The Morgan fingerprint density at radius 3 is 2.00 bits per heavy atom. The Hall–Kier alpha value is -0.380. The fraction of sp³-hybridized carbons (Fsp3) is 0.818. The van der Waals surface area contributed by atoms with Crippen molar-refractivity contribution in [2.24, 2.45) is 0 Å². The normalized spacial score (nSPS) is 50.5. The summed E-state index contributed by atoms with van der Waals surface area (Å²) in [6, 6.07) is 0. The van der Waals surface area contributed by atoms with E-state index in [-0.39, 0.29) is 0 Å². The summed E-state index contributed by atoms with van der Waals surface area (Å²) in [6.07, 6.45) is 9.14. The molecule has 0 aromatic rings. The Bertz CT molecular complexity index is 224. The molecule has 0 aromatic carbocycles. The molecule has 0 atom stereocenters. The number of hydrogen-bond donors (Lipinski definition) is 0. The van der Waals surface area contributed by atoms with Crippen LogP contribution in [-0.4, -0.2) is 24.3 Å². The molecule has 4 aliphatic rings. The lowest BCUT2D eigenvalue weighted by molar-refractivity contribution is -0.470. The highest BCUT2D eigenvalue weighted by Gasteiger charge is 2.53. The lowest BCUT2D eigenvalue weighted by Crippen LogP contribution is -2.61. The van der Waals surface area contributed by atoms with Crippen LogP contribution in [0.4, 0.5) is 0 Å². The van der Waals surface area contributed by atoms with Gasteiger partial charge in [-0.15, -0.1) is 0 Å². The molecule has 0 unspecified atom stereocenters. The van der Waals surface area contributed by atoms with Crippen LogP contribution in [0.15, 0.2) is 12.2 Å². The molecule has 3 aliphatic heterocycles. The van der Waals surface area contributed by atoms with Crippen molar-refractivity contribution in [3.63, 3.8) is 0 Å². The minimum atomic E-state index is -0.829. The molecule has 1 saturated carbocycles. The SMILES string of the molecule is CC/C=C/C12OC3CC(CC(C3)O1)O2. The first-order valence-corrected chi connectivity index (χ1v) is 5.51. The third kappa shape index (κ3) is 1.31. The molecule has 3 heteroatoms. The van der Waals surface area contributed by atoms with E-state index in [0.29, 0.717) is 18.3 Å². The van der Waals surface area contributed by atoms with Gasteiger partial charge in [0.15, 0.2) is 0 Å². The second-order valence-electron chi connectivity index (χ2n) is 4.34. The van der Waals surface area contributed by atoms with Gasteiger partial charge in [-0.25, -0.2) is 0 Å². The molecule has 4 rings (SSSR count). The molecule has 0 aromatic heterocycles. The van der Waals surface area contributed by atoms with E-state index in [0.717, 1.165) is 25.7 Å². The molecular weight excluding hydrogens is 180 g/mol. The van der Waals surface area contributed by atoms with Crippen LogP contribution in [0.3, 0.4) is 0 Å². The Morgan fingerprint density at radius 1 is 1.07 bits per heavy atom. The van der Waals surface area contributed by atoms with Gasteiger partial charge >= 0.3 is 5.97 Å². The van der Waals surface area contributed by atoms with Crippen LogP contribution < -0.4 is 0 Å². The molecule has 78 valence electrons. The van der Waals surface area contributed by atoms with Gasteiger partial charge in [0.05, 0.1) is 18.3 Å². The number of ether oxygens (including phenoxy) is 3. The quantitative estimate of drug-likeness (QED) is 0.632. The van der Waals surface area contributed by atoms with E-state index >= 15 is 0 Å². The zero-order valence-corrected chi connectivity index (χ0v) is 8.44. The third-order valence-corrected chi connectivity index (χ3v) is 3.13. The summed E-state index contributed by atoms with van der Waals surface area (Å²) >= 11 is 0. The van der Waals surface area contributed by atoms with Crippen LogP contribution >= 0.6 is 0 Å². The van der Waals surface area contributed by atoms with Crippen LogP contribution in [0.5, 0.6) is 0 Å². The smallest absolute Gasteiger partial charge is 0.305 e. The maximum Gasteiger partial charge on any atom is 0.305 e. The van der Waals surface area contributed by atoms with Gasteiger partial charge in [-0.3, -0.25) is 0 Å². The first-order chi connectivity index (χ1) is 6.80. The fourth-order valence-corrected chi connectivity index (χ4v) is 2.62. The maximum absolute atomic E-state index is 5.78. The zero-order valence-electron chi connectivity index (χ0n) is 8.44. The van der Waals surface area contributed by atoms with Crippen LogP contribution in [0, 0.1) is 0 Å². The van der Waals surface area contributed by atoms with Gasteiger partial charge in [-0.2, -0.15) is 0 Å². The number of allylic oxidation sites excluding steroid dienone is 1. The molecule has 0 amide bonds. The average Bonchev–Trinajstić information content (AvgIpc) is 2.12. The van der Waals surface area contributed by atoms with E-state index < -0.39 is 5.97 Å². The average molecular weight is 196 g/mol. The summed E-state index contributed by atoms with van der Waals surface area (Å²) < 4.78 is 17.3. The topological polar surface area (TPSA) is 27.7 Å². The van der Waals surface area contributed by atoms with E-state index in [1.54, 1.807) is 0 Å². The van der Waals surface area contributed by atoms with E-state index in [4.69, 9.17) is 14.2 Å². The second kappa shape index (κ2) is 3.05. The monoisotopic (exact) mass is 196 g/mol. The Balaban J connectivity index is 1.84. The van der Waals surface area contributed by atoms with Gasteiger partial charge in [0.25, 0.3) is 0 Å². The summed E-state index contributed by atoms with van der Waals surface area (Å²) in [4.78, 5) is 0. The van der Waals surface area contributed by atoms with E-state index in [9.17, 15) is 0 Å². The van der Waals surface area contributed by atoms with Crippen molar-refractivity contribution in [3.05, 3.63) is 12.2 Å². The van der Waals surface area contributed by atoms with Gasteiger partial charge < -0.3 is 14.2 Å². The fourth-order valence-electron chi connectivity index (χ4n) is 2.62. The molecule has 14 heavy (non-hydrogen) atoms. The summed E-state index contributed by atoms with van der Waals surface area (Å²) in [6.45, 7) is 2.09. The molecule has 4 bridgehead atoms. The first-order valence-electron chi connectivity index (χ1n) is 5.51. The highest BCUT2D eigenvalue weighted by molar-refractivity contribution is 5.00. The van der Waals surface area contributed by atoms with Crippen LogP contribution in [0.2, 0.25) is 0 Å². The predicted molar refractivity (Wildman–Crippen MR) is 50.6 cm³/mol. The second-order valence-corrected chi connectivity index (χ2v) is 4.34. The Morgan fingerprint density at radius 2 is 1.57 bits per heavy atom. The van der Waals surface area contributed by atoms with Gasteiger partial charge in [-0.05, 0) is 6.42 Å². The molecular formula is C11H16O3. The van der Waals surface area contributed by atoms with E-state index in [2.05, 4.69) is 6.92 Å². The first kappa shape index (κ1) is 8.89. The highest BCUT2D eigenvalue weighted by atomic mass is 16.9. The van der Waals surface area contributed by atoms with Gasteiger partial charge in [0, 0.05) is 25.3 Å². The summed E-state index contributed by atoms with van der Waals surface area (Å²) in [5, 5.41) is 0. The van der Waals surface area contributed by atoms with Crippen molar-refractivity contribution < 1.29 is 14.2 Å². The number of hydrogen-bond acceptors (Lipinski definition) is 3. The maximum atomic E-state index is 5.78. The minimum Gasteiger partial charge on any atom is -0.320 e. The third-order valence-electron chi connectivity index (χ3n) is 3.13. The van der Waals surface area contributed by atoms with Crippen molar-refractivity contribution >= 4 is 0 Å². The molecule has 3 nitrogen and oxygen atoms in total.